The SMILES string of the molecule is CN(C)c1ccc(-c2ccc(CN(C(=O)[C@@H]3C[C@@H]4CC[C@H]3C4)c3cccc(C=CC(=O)O)c3)c(Cl)c2)cc1. The molecule has 0 heterocycles. The second-order valence-corrected chi connectivity index (χ2v) is 11.1. The lowest BCUT2D eigenvalue weighted by Crippen LogP contribution is -2.38. The summed E-state index contributed by atoms with van der Waals surface area (Å²) >= 11 is 6.81. The Labute approximate surface area is 229 Å². The molecule has 1 N–H and O–H groups in total. The summed E-state index contributed by atoms with van der Waals surface area (Å²) in [5.41, 5.74) is 5.60. The van der Waals surface area contributed by atoms with Gasteiger partial charge in [0.1, 0.15) is 0 Å². The molecule has 3 aromatic carbocycles. The van der Waals surface area contributed by atoms with Gasteiger partial charge in [-0.25, -0.2) is 4.79 Å². The van der Waals surface area contributed by atoms with Crippen molar-refractivity contribution in [1.82, 2.24) is 0 Å². The number of halogens is 1. The number of carbonyl (C=O) groups excluding carboxylic acids is 1. The van der Waals surface area contributed by atoms with Gasteiger partial charge in [-0.1, -0.05) is 54.4 Å². The summed E-state index contributed by atoms with van der Waals surface area (Å²) in [6, 6.07) is 21.9. The molecule has 3 atom stereocenters. The van der Waals surface area contributed by atoms with Crippen LogP contribution in [0, 0.1) is 17.8 Å². The molecule has 2 fully saturated rings. The minimum absolute atomic E-state index is 0.0280. The van der Waals surface area contributed by atoms with E-state index in [0.717, 1.165) is 59.0 Å². The number of anilines is 2. The predicted molar refractivity (Wildman–Crippen MR) is 154 cm³/mol. The number of hydrogen-bond donors (Lipinski definition) is 1. The molecule has 2 saturated carbocycles. The summed E-state index contributed by atoms with van der Waals surface area (Å²) in [7, 11) is 4.03. The minimum atomic E-state index is -1.01. The van der Waals surface area contributed by atoms with Gasteiger partial charge in [-0.2, -0.15) is 0 Å². The highest BCUT2D eigenvalue weighted by Crippen LogP contribution is 2.49. The van der Waals surface area contributed by atoms with E-state index in [0.29, 0.717) is 23.4 Å². The summed E-state index contributed by atoms with van der Waals surface area (Å²) in [5.74, 6) is 0.264. The van der Waals surface area contributed by atoms with Crippen LogP contribution < -0.4 is 9.80 Å². The van der Waals surface area contributed by atoms with Crippen LogP contribution in [0.2, 0.25) is 5.02 Å². The van der Waals surface area contributed by atoms with Gasteiger partial charge in [0.15, 0.2) is 0 Å². The first-order valence-electron chi connectivity index (χ1n) is 13.2. The van der Waals surface area contributed by atoms with E-state index in [4.69, 9.17) is 16.7 Å². The normalized spacial score (nSPS) is 20.1. The fourth-order valence-corrected chi connectivity index (χ4v) is 6.23. The molecular weight excluding hydrogens is 496 g/mol. The van der Waals surface area contributed by atoms with Crippen LogP contribution in [-0.2, 0) is 16.1 Å². The fourth-order valence-electron chi connectivity index (χ4n) is 5.99. The number of carboxylic acids is 1. The number of amides is 1. The van der Waals surface area contributed by atoms with Crippen molar-refractivity contribution in [2.24, 2.45) is 17.8 Å². The van der Waals surface area contributed by atoms with Crippen molar-refractivity contribution < 1.29 is 14.7 Å². The number of aliphatic carboxylic acids is 1. The van der Waals surface area contributed by atoms with Gasteiger partial charge in [0.2, 0.25) is 5.91 Å². The van der Waals surface area contributed by atoms with Gasteiger partial charge < -0.3 is 14.9 Å². The number of carbonyl (C=O) groups is 2. The second-order valence-electron chi connectivity index (χ2n) is 10.7. The Hall–Kier alpha value is -3.57. The first-order valence-corrected chi connectivity index (χ1v) is 13.5. The molecule has 38 heavy (non-hydrogen) atoms. The largest absolute Gasteiger partial charge is 0.478 e. The number of fused-ring (bicyclic) bond motifs is 2. The van der Waals surface area contributed by atoms with Gasteiger partial charge >= 0.3 is 5.97 Å². The van der Waals surface area contributed by atoms with Crippen molar-refractivity contribution in [1.29, 1.82) is 0 Å². The van der Waals surface area contributed by atoms with Crippen molar-refractivity contribution in [2.75, 3.05) is 23.9 Å². The summed E-state index contributed by atoms with van der Waals surface area (Å²) in [6.07, 6.45) is 7.12. The average molecular weight is 529 g/mol. The number of rotatable bonds is 8. The quantitative estimate of drug-likeness (QED) is 0.316. The Morgan fingerprint density at radius 3 is 2.34 bits per heavy atom. The topological polar surface area (TPSA) is 60.9 Å². The van der Waals surface area contributed by atoms with Crippen molar-refractivity contribution >= 4 is 40.9 Å². The fraction of sp³-hybridized carbons (Fsp3) is 0.312. The summed E-state index contributed by atoms with van der Waals surface area (Å²) < 4.78 is 0. The van der Waals surface area contributed by atoms with Gasteiger partial charge in [0.25, 0.3) is 0 Å². The third-order valence-corrected chi connectivity index (χ3v) is 8.37. The first-order chi connectivity index (χ1) is 18.3. The Morgan fingerprint density at radius 1 is 0.947 bits per heavy atom. The van der Waals surface area contributed by atoms with Crippen molar-refractivity contribution in [3.8, 4) is 11.1 Å². The molecule has 196 valence electrons. The monoisotopic (exact) mass is 528 g/mol. The highest BCUT2D eigenvalue weighted by Gasteiger charge is 2.44. The van der Waals surface area contributed by atoms with Gasteiger partial charge in [-0.15, -0.1) is 0 Å². The summed E-state index contributed by atoms with van der Waals surface area (Å²) in [4.78, 5) is 28.9. The first kappa shape index (κ1) is 26.1. The molecular formula is C32H33ClN2O3. The van der Waals surface area contributed by atoms with Crippen LogP contribution >= 0.6 is 11.6 Å². The summed E-state index contributed by atoms with van der Waals surface area (Å²) in [6.45, 7) is 0.359. The Balaban J connectivity index is 1.44. The smallest absolute Gasteiger partial charge is 0.328 e. The predicted octanol–water partition coefficient (Wildman–Crippen LogP) is 7.14. The van der Waals surface area contributed by atoms with Crippen LogP contribution in [0.1, 0.15) is 36.8 Å². The van der Waals surface area contributed by atoms with Crippen LogP contribution in [0.25, 0.3) is 17.2 Å². The van der Waals surface area contributed by atoms with Crippen LogP contribution in [0.15, 0.2) is 72.8 Å². The van der Waals surface area contributed by atoms with Crippen LogP contribution in [0.3, 0.4) is 0 Å². The third-order valence-electron chi connectivity index (χ3n) is 8.02. The van der Waals surface area contributed by atoms with Crippen LogP contribution in [-0.4, -0.2) is 31.1 Å². The maximum atomic E-state index is 14.0. The molecule has 0 spiro atoms. The second kappa shape index (κ2) is 11.0. The molecule has 3 aromatic rings. The zero-order valence-corrected chi connectivity index (χ0v) is 22.6. The van der Waals surface area contributed by atoms with E-state index in [2.05, 4.69) is 35.2 Å². The lowest BCUT2D eigenvalue weighted by atomic mass is 9.87. The molecule has 0 aromatic heterocycles. The highest BCUT2D eigenvalue weighted by molar-refractivity contribution is 6.31. The maximum Gasteiger partial charge on any atom is 0.328 e. The lowest BCUT2D eigenvalue weighted by molar-refractivity contribution is -0.131. The van der Waals surface area contributed by atoms with Crippen LogP contribution in [0.5, 0.6) is 0 Å². The number of benzene rings is 3. The molecule has 5 nitrogen and oxygen atoms in total. The minimum Gasteiger partial charge on any atom is -0.478 e. The maximum absolute atomic E-state index is 14.0. The Kier molecular flexibility index (Phi) is 7.57. The summed E-state index contributed by atoms with van der Waals surface area (Å²) in [5, 5.41) is 9.66. The van der Waals surface area contributed by atoms with Gasteiger partial charge in [0.05, 0.1) is 6.54 Å². The van der Waals surface area contributed by atoms with Gasteiger partial charge in [0, 0.05) is 42.5 Å². The molecule has 0 unspecified atom stereocenters. The molecule has 0 saturated heterocycles. The molecule has 6 heteroatoms. The van der Waals surface area contributed by atoms with Crippen molar-refractivity contribution in [2.45, 2.75) is 32.2 Å². The molecule has 1 amide bonds. The third kappa shape index (κ3) is 5.63. The lowest BCUT2D eigenvalue weighted by Gasteiger charge is -2.30. The van der Waals surface area contributed by atoms with Gasteiger partial charge in [-0.05, 0) is 89.8 Å². The van der Waals surface area contributed by atoms with E-state index in [-0.39, 0.29) is 11.8 Å². The average Bonchev–Trinajstić information content (AvgIpc) is 3.55. The molecule has 5 rings (SSSR count). The van der Waals surface area contributed by atoms with E-state index < -0.39 is 5.97 Å². The van der Waals surface area contributed by atoms with E-state index >= 15 is 0 Å². The molecule has 2 aliphatic rings. The number of hydrogen-bond acceptors (Lipinski definition) is 3. The molecule has 2 bridgehead atoms. The number of carboxylic acid groups (broad SMARTS) is 1. The standard InChI is InChI=1S/C32H33ClN2O3/c1-34(2)27-13-11-23(12-14-27)24-9-10-26(30(33)19-24)20-35(32(38)29-18-22-6-8-25(29)16-22)28-5-3-4-21(17-28)7-15-31(36)37/h3-5,7,9-15,17,19,22,25,29H,6,8,16,18,20H2,1-2H3,(H,36,37)/t22-,25+,29-/m1/s1. The van der Waals surface area contributed by atoms with E-state index in [1.54, 1.807) is 6.08 Å². The van der Waals surface area contributed by atoms with Gasteiger partial charge in [-0.3, -0.25) is 4.79 Å². The van der Waals surface area contributed by atoms with Crippen molar-refractivity contribution in [3.63, 3.8) is 0 Å². The zero-order chi connectivity index (χ0) is 26.8. The molecule has 2 aliphatic carbocycles. The molecule has 0 radical (unpaired) electrons. The van der Waals surface area contributed by atoms with Crippen molar-refractivity contribution in [3.05, 3.63) is 89.0 Å². The Morgan fingerprint density at radius 2 is 1.71 bits per heavy atom. The number of nitrogens with zero attached hydrogens (tertiary/aromatic N) is 2. The van der Waals surface area contributed by atoms with E-state index in [1.165, 1.54) is 6.42 Å². The highest BCUT2D eigenvalue weighted by atomic mass is 35.5. The zero-order valence-electron chi connectivity index (χ0n) is 21.8. The van der Waals surface area contributed by atoms with Crippen LogP contribution in [0.4, 0.5) is 11.4 Å². The van der Waals surface area contributed by atoms with E-state index in [1.807, 2.05) is 55.4 Å². The Bertz CT molecular complexity index is 1370. The molecule has 0 aliphatic heterocycles. The van der Waals surface area contributed by atoms with E-state index in [9.17, 15) is 9.59 Å².